The third-order valence-electron chi connectivity index (χ3n) is 3.54. The van der Waals surface area contributed by atoms with Crippen molar-refractivity contribution in [2.45, 2.75) is 60.8 Å². The van der Waals surface area contributed by atoms with E-state index in [4.69, 9.17) is 11.0 Å². The summed E-state index contributed by atoms with van der Waals surface area (Å²) in [6, 6.07) is 6.29. The zero-order valence-corrected chi connectivity index (χ0v) is 15.2. The van der Waals surface area contributed by atoms with Crippen LogP contribution in [0.2, 0.25) is 0 Å². The van der Waals surface area contributed by atoms with Gasteiger partial charge in [0.1, 0.15) is 11.8 Å². The van der Waals surface area contributed by atoms with Gasteiger partial charge in [0.15, 0.2) is 5.82 Å². The van der Waals surface area contributed by atoms with Crippen molar-refractivity contribution in [2.24, 2.45) is 10.8 Å². The summed E-state index contributed by atoms with van der Waals surface area (Å²) in [6.45, 7) is 12.8. The van der Waals surface area contributed by atoms with Crippen molar-refractivity contribution in [2.75, 3.05) is 5.73 Å². The molecule has 0 bridgehead atoms. The Bertz CT molecular complexity index is 669. The van der Waals surface area contributed by atoms with Crippen LogP contribution < -0.4 is 5.73 Å². The van der Waals surface area contributed by atoms with E-state index < -0.39 is 0 Å². The van der Waals surface area contributed by atoms with Crippen LogP contribution in [-0.4, -0.2) is 14.6 Å². The molecule has 2 heterocycles. The lowest BCUT2D eigenvalue weighted by molar-refractivity contribution is 0.388. The maximum atomic E-state index is 9.17. The first-order valence-corrected chi connectivity index (χ1v) is 8.08. The Morgan fingerprint density at radius 3 is 2.35 bits per heavy atom. The molecule has 126 valence electrons. The molecule has 0 amide bonds. The minimum Gasteiger partial charge on any atom is -0.382 e. The van der Waals surface area contributed by atoms with Gasteiger partial charge in [-0.25, -0.2) is 9.50 Å². The van der Waals surface area contributed by atoms with Crippen molar-refractivity contribution in [3.8, 4) is 6.07 Å². The van der Waals surface area contributed by atoms with Gasteiger partial charge < -0.3 is 5.73 Å². The maximum absolute atomic E-state index is 9.17. The van der Waals surface area contributed by atoms with Crippen LogP contribution in [0.25, 0.3) is 5.52 Å². The molecule has 0 aliphatic heterocycles. The highest BCUT2D eigenvalue weighted by molar-refractivity contribution is 5.65. The molecule has 2 N–H and O–H groups in total. The van der Waals surface area contributed by atoms with E-state index in [1.165, 1.54) is 6.33 Å². The number of aryl methyl sites for hydroxylation is 1. The minimum absolute atomic E-state index is 0.275. The van der Waals surface area contributed by atoms with E-state index in [0.29, 0.717) is 11.2 Å². The zero-order valence-electron chi connectivity index (χ0n) is 15.2. The van der Waals surface area contributed by atoms with Crippen molar-refractivity contribution in [1.82, 2.24) is 14.6 Å². The number of nitrogens with zero attached hydrogens (tertiary/aromatic N) is 4. The number of nitrogen functional groups attached to an aromatic ring is 1. The van der Waals surface area contributed by atoms with E-state index in [1.807, 2.05) is 26.0 Å². The highest BCUT2D eigenvalue weighted by Crippen LogP contribution is 2.27. The normalized spacial score (nSPS) is 13.8. The molecule has 0 aliphatic rings. The summed E-state index contributed by atoms with van der Waals surface area (Å²) in [5.41, 5.74) is 7.89. The van der Waals surface area contributed by atoms with Gasteiger partial charge in [-0.1, -0.05) is 34.6 Å². The lowest BCUT2D eigenvalue weighted by Crippen LogP contribution is -2.14. The van der Waals surface area contributed by atoms with E-state index in [-0.39, 0.29) is 5.41 Å². The van der Waals surface area contributed by atoms with Crippen LogP contribution in [0.3, 0.4) is 0 Å². The van der Waals surface area contributed by atoms with Crippen molar-refractivity contribution in [1.29, 1.82) is 5.26 Å². The number of fused-ring (bicyclic) bond motifs is 1. The summed E-state index contributed by atoms with van der Waals surface area (Å²) in [6.07, 6.45) is 3.93. The van der Waals surface area contributed by atoms with Gasteiger partial charge in [-0.3, -0.25) is 0 Å². The molecule has 0 aliphatic carbocycles. The molecule has 0 saturated carbocycles. The molecule has 2 rings (SSSR count). The van der Waals surface area contributed by atoms with Crippen LogP contribution in [-0.2, 0) is 6.42 Å². The Kier molecular flexibility index (Phi) is 6.14. The second-order valence-electron chi connectivity index (χ2n) is 7.79. The largest absolute Gasteiger partial charge is 0.382 e. The zero-order chi connectivity index (χ0) is 17.7. The van der Waals surface area contributed by atoms with Crippen molar-refractivity contribution in [3.63, 3.8) is 0 Å². The number of aromatic nitrogens is 3. The van der Waals surface area contributed by atoms with Gasteiger partial charge in [0.05, 0.1) is 11.5 Å². The van der Waals surface area contributed by atoms with Gasteiger partial charge in [0, 0.05) is 5.69 Å². The molecule has 2 aromatic heterocycles. The van der Waals surface area contributed by atoms with E-state index in [9.17, 15) is 0 Å². The van der Waals surface area contributed by atoms with Gasteiger partial charge >= 0.3 is 0 Å². The lowest BCUT2D eigenvalue weighted by Gasteiger charge is -2.18. The number of hydrogen-bond donors (Lipinski definition) is 1. The maximum Gasteiger partial charge on any atom is 0.151 e. The SMILES string of the molecule is CC(C)(C)C.CCC(C)(C#N)CCc1ccc2c(N)ncnn12. The molecular formula is C18H29N5. The van der Waals surface area contributed by atoms with Gasteiger partial charge in [0.25, 0.3) is 0 Å². The average molecular weight is 315 g/mol. The highest BCUT2D eigenvalue weighted by Gasteiger charge is 2.21. The molecule has 1 atom stereocenters. The summed E-state index contributed by atoms with van der Waals surface area (Å²) >= 11 is 0. The molecule has 23 heavy (non-hydrogen) atoms. The Labute approximate surface area is 139 Å². The first kappa shape index (κ1) is 19.0. The number of nitrogens with two attached hydrogens (primary N) is 1. The van der Waals surface area contributed by atoms with Crippen LogP contribution in [0.1, 0.15) is 60.1 Å². The Hall–Kier alpha value is -2.09. The summed E-state index contributed by atoms with van der Waals surface area (Å²) in [5.74, 6) is 0.481. The molecule has 1 unspecified atom stereocenters. The van der Waals surface area contributed by atoms with Crippen LogP contribution in [0.5, 0.6) is 0 Å². The first-order valence-electron chi connectivity index (χ1n) is 8.08. The van der Waals surface area contributed by atoms with Crippen molar-refractivity contribution < 1.29 is 0 Å². The monoisotopic (exact) mass is 315 g/mol. The fourth-order valence-electron chi connectivity index (χ4n) is 1.91. The highest BCUT2D eigenvalue weighted by atomic mass is 15.2. The second-order valence-corrected chi connectivity index (χ2v) is 7.79. The van der Waals surface area contributed by atoms with Crippen molar-refractivity contribution >= 4 is 11.3 Å². The van der Waals surface area contributed by atoms with Crippen LogP contribution in [0, 0.1) is 22.2 Å². The second kappa shape index (κ2) is 7.45. The lowest BCUT2D eigenvalue weighted by atomic mass is 9.84. The van der Waals surface area contributed by atoms with Gasteiger partial charge in [-0.05, 0) is 43.7 Å². The molecule has 0 radical (unpaired) electrons. The van der Waals surface area contributed by atoms with E-state index >= 15 is 0 Å². The molecule has 5 nitrogen and oxygen atoms in total. The smallest absolute Gasteiger partial charge is 0.151 e. The van der Waals surface area contributed by atoms with Crippen molar-refractivity contribution in [3.05, 3.63) is 24.2 Å². The Balaban J connectivity index is 0.000000463. The van der Waals surface area contributed by atoms with E-state index in [1.54, 1.807) is 4.52 Å². The van der Waals surface area contributed by atoms with Crippen LogP contribution in [0.4, 0.5) is 5.82 Å². The number of hydrogen-bond acceptors (Lipinski definition) is 4. The fourth-order valence-corrected chi connectivity index (χ4v) is 1.91. The predicted octanol–water partition coefficient (Wildman–Crippen LogP) is 4.24. The number of nitriles is 1. The third kappa shape index (κ3) is 5.90. The molecular weight excluding hydrogens is 286 g/mol. The topological polar surface area (TPSA) is 80.0 Å². The summed E-state index contributed by atoms with van der Waals surface area (Å²) < 4.78 is 1.80. The van der Waals surface area contributed by atoms with Gasteiger partial charge in [-0.15, -0.1) is 0 Å². The van der Waals surface area contributed by atoms with Crippen LogP contribution >= 0.6 is 0 Å². The van der Waals surface area contributed by atoms with E-state index in [2.05, 4.69) is 43.8 Å². The molecule has 0 spiro atoms. The Morgan fingerprint density at radius 1 is 1.22 bits per heavy atom. The molecule has 0 fully saturated rings. The molecule has 0 aromatic carbocycles. The molecule has 0 saturated heterocycles. The Morgan fingerprint density at radius 2 is 1.83 bits per heavy atom. The van der Waals surface area contributed by atoms with Gasteiger partial charge in [-0.2, -0.15) is 10.4 Å². The first-order chi connectivity index (χ1) is 10.6. The van der Waals surface area contributed by atoms with E-state index in [0.717, 1.165) is 30.5 Å². The third-order valence-corrected chi connectivity index (χ3v) is 3.54. The minimum atomic E-state index is -0.275. The summed E-state index contributed by atoms with van der Waals surface area (Å²) in [5, 5.41) is 13.4. The molecule has 2 aromatic rings. The predicted molar refractivity (Wildman–Crippen MR) is 94.9 cm³/mol. The van der Waals surface area contributed by atoms with Crippen LogP contribution in [0.15, 0.2) is 18.5 Å². The molecule has 5 heteroatoms. The standard InChI is InChI=1S/C13H17N5.C5H12/c1-3-13(2,8-14)7-6-10-4-5-11-12(15)16-9-17-18(10)11;1-5(2,3)4/h4-5,9H,3,6-7H2,1-2H3,(H2,15,16,17);1-4H3. The fraction of sp³-hybridized carbons (Fsp3) is 0.611. The summed E-state index contributed by atoms with van der Waals surface area (Å²) in [4.78, 5) is 3.96. The average Bonchev–Trinajstić information content (AvgIpc) is 2.88. The quantitative estimate of drug-likeness (QED) is 0.915. The van der Waals surface area contributed by atoms with Gasteiger partial charge in [0.2, 0.25) is 0 Å². The summed E-state index contributed by atoms with van der Waals surface area (Å²) in [7, 11) is 0. The number of anilines is 1. The number of rotatable bonds is 4.